The molecular weight excluding hydrogens is 314 g/mol. The summed E-state index contributed by atoms with van der Waals surface area (Å²) in [6, 6.07) is 1.22. The lowest BCUT2D eigenvalue weighted by Crippen LogP contribution is -2.45. The molecule has 1 saturated heterocycles. The summed E-state index contributed by atoms with van der Waals surface area (Å²) in [5, 5.41) is 2.82. The van der Waals surface area contributed by atoms with Gasteiger partial charge in [0.25, 0.3) is 0 Å². The number of ether oxygens (including phenoxy) is 1. The molecule has 0 bridgehead atoms. The molecule has 1 atom stereocenters. The lowest BCUT2D eigenvalue weighted by Gasteiger charge is -2.27. The summed E-state index contributed by atoms with van der Waals surface area (Å²) < 4.78 is 5.21. The van der Waals surface area contributed by atoms with Gasteiger partial charge >= 0.3 is 0 Å². The smallest absolute Gasteiger partial charge is 0.248 e. The number of nitrogens with zero attached hydrogens (tertiary/aromatic N) is 2. The third-order valence-corrected chi connectivity index (χ3v) is 4.46. The van der Waals surface area contributed by atoms with E-state index in [1.165, 1.54) is 7.11 Å². The highest BCUT2D eigenvalue weighted by molar-refractivity contribution is 7.99. The predicted octanol–water partition coefficient (Wildman–Crippen LogP) is 2.37. The maximum absolute atomic E-state index is 12.6. The van der Waals surface area contributed by atoms with Crippen LogP contribution in [-0.4, -0.2) is 46.5 Å². The first-order valence-corrected chi connectivity index (χ1v) is 8.63. The number of amides is 2. The second-order valence-electron chi connectivity index (χ2n) is 6.68. The molecule has 6 nitrogen and oxygen atoms in total. The van der Waals surface area contributed by atoms with Crippen molar-refractivity contribution in [3.8, 4) is 5.75 Å². The summed E-state index contributed by atoms with van der Waals surface area (Å²) >= 11 is 1.59. The van der Waals surface area contributed by atoms with Crippen LogP contribution in [0, 0.1) is 5.41 Å². The van der Waals surface area contributed by atoms with Crippen LogP contribution in [0.2, 0.25) is 0 Å². The van der Waals surface area contributed by atoms with Crippen molar-refractivity contribution in [1.82, 2.24) is 9.88 Å². The Labute approximate surface area is 141 Å². The molecule has 1 aliphatic rings. The highest BCUT2D eigenvalue weighted by Crippen LogP contribution is 2.28. The van der Waals surface area contributed by atoms with Gasteiger partial charge in [-0.2, -0.15) is 0 Å². The standard InChI is InChI=1S/C16H23N3O3S/c1-16(2,3)7-14(20)19-10-23-9-12(19)15(21)18-11-8-17-6-5-13(11)22-4/h5-6,8,12H,7,9-10H2,1-4H3,(H,18,21). The molecule has 1 fully saturated rings. The van der Waals surface area contributed by atoms with Crippen LogP contribution in [0.3, 0.4) is 0 Å². The topological polar surface area (TPSA) is 71.5 Å². The fourth-order valence-electron chi connectivity index (χ4n) is 2.33. The monoisotopic (exact) mass is 337 g/mol. The molecule has 0 spiro atoms. The van der Waals surface area contributed by atoms with E-state index in [9.17, 15) is 9.59 Å². The number of hydrogen-bond donors (Lipinski definition) is 1. The molecule has 2 rings (SSSR count). The molecule has 2 amide bonds. The maximum Gasteiger partial charge on any atom is 0.248 e. The number of rotatable bonds is 4. The highest BCUT2D eigenvalue weighted by Gasteiger charge is 2.36. The van der Waals surface area contributed by atoms with E-state index in [4.69, 9.17) is 4.74 Å². The minimum atomic E-state index is -0.459. The van der Waals surface area contributed by atoms with Gasteiger partial charge in [-0.05, 0) is 5.41 Å². The van der Waals surface area contributed by atoms with Crippen molar-refractivity contribution in [1.29, 1.82) is 0 Å². The van der Waals surface area contributed by atoms with Crippen LogP contribution in [0.1, 0.15) is 27.2 Å². The van der Waals surface area contributed by atoms with Gasteiger partial charge in [0.15, 0.2) is 0 Å². The van der Waals surface area contributed by atoms with Gasteiger partial charge in [0.1, 0.15) is 17.5 Å². The van der Waals surface area contributed by atoms with Gasteiger partial charge in [-0.15, -0.1) is 11.8 Å². The predicted molar refractivity (Wildman–Crippen MR) is 91.4 cm³/mol. The number of methoxy groups -OCH3 is 1. The Bertz CT molecular complexity index is 586. The van der Waals surface area contributed by atoms with Crippen molar-refractivity contribution in [2.45, 2.75) is 33.2 Å². The van der Waals surface area contributed by atoms with E-state index in [2.05, 4.69) is 10.3 Å². The zero-order valence-corrected chi connectivity index (χ0v) is 14.8. The molecule has 7 heteroatoms. The first kappa shape index (κ1) is 17.6. The first-order chi connectivity index (χ1) is 10.8. The number of carbonyl (C=O) groups excluding carboxylic acids is 2. The maximum atomic E-state index is 12.6. The van der Waals surface area contributed by atoms with Crippen molar-refractivity contribution >= 4 is 29.3 Å². The minimum Gasteiger partial charge on any atom is -0.494 e. The molecule has 1 unspecified atom stereocenters. The van der Waals surface area contributed by atoms with E-state index in [0.29, 0.717) is 29.5 Å². The third-order valence-electron chi connectivity index (χ3n) is 3.45. The van der Waals surface area contributed by atoms with Crippen molar-refractivity contribution in [3.63, 3.8) is 0 Å². The zero-order chi connectivity index (χ0) is 17.0. The van der Waals surface area contributed by atoms with Crippen LogP contribution in [0.5, 0.6) is 5.75 Å². The van der Waals surface area contributed by atoms with E-state index >= 15 is 0 Å². The average molecular weight is 337 g/mol. The van der Waals surface area contributed by atoms with Crippen LogP contribution < -0.4 is 10.1 Å². The fourth-order valence-corrected chi connectivity index (χ4v) is 3.51. The van der Waals surface area contributed by atoms with Crippen molar-refractivity contribution in [2.75, 3.05) is 24.1 Å². The van der Waals surface area contributed by atoms with Crippen LogP contribution in [0.15, 0.2) is 18.5 Å². The molecule has 1 N–H and O–H groups in total. The Morgan fingerprint density at radius 3 is 2.87 bits per heavy atom. The molecule has 0 radical (unpaired) electrons. The number of anilines is 1. The Morgan fingerprint density at radius 2 is 2.22 bits per heavy atom. The van der Waals surface area contributed by atoms with E-state index < -0.39 is 6.04 Å². The Hall–Kier alpha value is -1.76. The minimum absolute atomic E-state index is 0.0146. The Balaban J connectivity index is 2.07. The molecule has 0 aliphatic carbocycles. The quantitative estimate of drug-likeness (QED) is 0.913. The van der Waals surface area contributed by atoms with Gasteiger partial charge in [0, 0.05) is 24.4 Å². The SMILES string of the molecule is COc1ccncc1NC(=O)C1CSCN1C(=O)CC(C)(C)C. The highest BCUT2D eigenvalue weighted by atomic mass is 32.2. The lowest BCUT2D eigenvalue weighted by molar-refractivity contribution is -0.137. The number of carbonyl (C=O) groups is 2. The second kappa shape index (κ2) is 7.21. The van der Waals surface area contributed by atoms with E-state index in [1.54, 1.807) is 35.1 Å². The molecule has 0 saturated carbocycles. The van der Waals surface area contributed by atoms with Gasteiger partial charge in [0.05, 0.1) is 19.2 Å². The number of pyridine rings is 1. The summed E-state index contributed by atoms with van der Waals surface area (Å²) in [7, 11) is 1.54. The molecule has 1 aliphatic heterocycles. The molecular formula is C16H23N3O3S. The Morgan fingerprint density at radius 1 is 1.48 bits per heavy atom. The van der Waals surface area contributed by atoms with Gasteiger partial charge in [0.2, 0.25) is 11.8 Å². The molecule has 126 valence electrons. The molecule has 2 heterocycles. The molecule has 0 aromatic carbocycles. The number of hydrogen-bond acceptors (Lipinski definition) is 5. The van der Waals surface area contributed by atoms with Gasteiger partial charge in [-0.25, -0.2) is 0 Å². The van der Waals surface area contributed by atoms with Gasteiger partial charge < -0.3 is 15.0 Å². The third kappa shape index (κ3) is 4.60. The zero-order valence-electron chi connectivity index (χ0n) is 14.0. The van der Waals surface area contributed by atoms with E-state index in [0.717, 1.165) is 0 Å². The number of nitrogens with one attached hydrogen (secondary N) is 1. The van der Waals surface area contributed by atoms with Crippen LogP contribution in [0.25, 0.3) is 0 Å². The molecule has 1 aromatic rings. The summed E-state index contributed by atoms with van der Waals surface area (Å²) in [5.41, 5.74) is 0.415. The van der Waals surface area contributed by atoms with E-state index in [-0.39, 0.29) is 17.2 Å². The molecule has 23 heavy (non-hydrogen) atoms. The summed E-state index contributed by atoms with van der Waals surface area (Å²) in [6.45, 7) is 6.05. The van der Waals surface area contributed by atoms with Gasteiger partial charge in [-0.1, -0.05) is 20.8 Å². The first-order valence-electron chi connectivity index (χ1n) is 7.48. The van der Waals surface area contributed by atoms with Crippen LogP contribution in [-0.2, 0) is 9.59 Å². The summed E-state index contributed by atoms with van der Waals surface area (Å²) in [5.74, 6) is 1.51. The normalized spacial score (nSPS) is 17.9. The van der Waals surface area contributed by atoms with Crippen molar-refractivity contribution < 1.29 is 14.3 Å². The van der Waals surface area contributed by atoms with Crippen LogP contribution >= 0.6 is 11.8 Å². The number of thioether (sulfide) groups is 1. The van der Waals surface area contributed by atoms with Gasteiger partial charge in [-0.3, -0.25) is 14.6 Å². The summed E-state index contributed by atoms with van der Waals surface area (Å²) in [4.78, 5) is 30.7. The Kier molecular flexibility index (Phi) is 5.51. The second-order valence-corrected chi connectivity index (χ2v) is 7.68. The molecule has 1 aromatic heterocycles. The van der Waals surface area contributed by atoms with Crippen LogP contribution in [0.4, 0.5) is 5.69 Å². The largest absolute Gasteiger partial charge is 0.494 e. The van der Waals surface area contributed by atoms with E-state index in [1.807, 2.05) is 20.8 Å². The number of aromatic nitrogens is 1. The fraction of sp³-hybridized carbons (Fsp3) is 0.562. The average Bonchev–Trinajstić information content (AvgIpc) is 2.95. The lowest BCUT2D eigenvalue weighted by atomic mass is 9.91. The van der Waals surface area contributed by atoms with Crippen molar-refractivity contribution in [3.05, 3.63) is 18.5 Å². The van der Waals surface area contributed by atoms with Crippen molar-refractivity contribution in [2.24, 2.45) is 5.41 Å². The summed E-state index contributed by atoms with van der Waals surface area (Å²) in [6.07, 6.45) is 3.56.